The van der Waals surface area contributed by atoms with Gasteiger partial charge in [0.1, 0.15) is 5.82 Å². The number of hydrogen-bond donors (Lipinski definition) is 1. The van der Waals surface area contributed by atoms with E-state index in [4.69, 9.17) is 4.74 Å². The Morgan fingerprint density at radius 3 is 2.52 bits per heavy atom. The predicted molar refractivity (Wildman–Crippen MR) is 112 cm³/mol. The molecule has 0 saturated carbocycles. The molecule has 0 radical (unpaired) electrons. The minimum atomic E-state index is -4.43. The van der Waals surface area contributed by atoms with E-state index in [2.05, 4.69) is 15.5 Å². The number of nitrogens with one attached hydrogen (secondary N) is 1. The molecular formula is C22H21F3N4O2. The van der Waals surface area contributed by atoms with E-state index in [1.807, 2.05) is 37.5 Å². The maximum Gasteiger partial charge on any atom is 0.417 e. The van der Waals surface area contributed by atoms with Crippen molar-refractivity contribution >= 4 is 18.0 Å². The largest absolute Gasteiger partial charge is 0.465 e. The van der Waals surface area contributed by atoms with Crippen molar-refractivity contribution in [3.05, 3.63) is 76.2 Å². The predicted octanol–water partition coefficient (Wildman–Crippen LogP) is 5.05. The van der Waals surface area contributed by atoms with E-state index in [1.54, 1.807) is 18.3 Å². The van der Waals surface area contributed by atoms with E-state index in [0.29, 0.717) is 5.56 Å². The van der Waals surface area contributed by atoms with Crippen LogP contribution in [0.25, 0.3) is 5.69 Å². The summed E-state index contributed by atoms with van der Waals surface area (Å²) in [6, 6.07) is 9.41. The van der Waals surface area contributed by atoms with Crippen LogP contribution >= 0.6 is 0 Å². The van der Waals surface area contributed by atoms with Gasteiger partial charge < -0.3 is 9.30 Å². The number of pyridine rings is 1. The van der Waals surface area contributed by atoms with Gasteiger partial charge in [0, 0.05) is 28.8 Å². The molecule has 0 aliphatic heterocycles. The highest BCUT2D eigenvalue weighted by molar-refractivity contribution is 5.90. The second-order valence-electron chi connectivity index (χ2n) is 6.95. The van der Waals surface area contributed by atoms with E-state index in [-0.39, 0.29) is 5.82 Å². The highest BCUT2D eigenvalue weighted by atomic mass is 19.4. The van der Waals surface area contributed by atoms with Crippen LogP contribution in [0.3, 0.4) is 0 Å². The quantitative estimate of drug-likeness (QED) is 0.349. The molecule has 0 saturated heterocycles. The van der Waals surface area contributed by atoms with Crippen LogP contribution in [-0.4, -0.2) is 28.8 Å². The number of carbonyl (C=O) groups excluding carboxylic acids is 1. The summed E-state index contributed by atoms with van der Waals surface area (Å²) in [5, 5.41) is 4.09. The first kappa shape index (κ1) is 22.1. The number of anilines is 1. The second kappa shape index (κ2) is 8.63. The van der Waals surface area contributed by atoms with E-state index >= 15 is 0 Å². The SMILES string of the molecule is COC(=O)c1ccc(C)c(-n2c(C)cc(/C=N\Nc3ccc(C(F)(F)F)cn3)c2C)c1. The first-order valence-corrected chi connectivity index (χ1v) is 9.32. The van der Waals surface area contributed by atoms with Gasteiger partial charge in [-0.3, -0.25) is 5.43 Å². The average Bonchev–Trinajstić information content (AvgIpc) is 3.01. The van der Waals surface area contributed by atoms with Crippen molar-refractivity contribution in [2.24, 2.45) is 5.10 Å². The van der Waals surface area contributed by atoms with Gasteiger partial charge in [0.25, 0.3) is 0 Å². The first-order chi connectivity index (χ1) is 14.6. The molecule has 9 heteroatoms. The third-order valence-electron chi connectivity index (χ3n) is 4.81. The lowest BCUT2D eigenvalue weighted by molar-refractivity contribution is -0.137. The van der Waals surface area contributed by atoms with Gasteiger partial charge in [0.2, 0.25) is 0 Å². The zero-order valence-corrected chi connectivity index (χ0v) is 17.4. The summed E-state index contributed by atoms with van der Waals surface area (Å²) >= 11 is 0. The van der Waals surface area contributed by atoms with Gasteiger partial charge >= 0.3 is 12.1 Å². The van der Waals surface area contributed by atoms with Crippen LogP contribution in [0.1, 0.15) is 38.4 Å². The van der Waals surface area contributed by atoms with Gasteiger partial charge in [-0.05, 0) is 56.7 Å². The van der Waals surface area contributed by atoms with Crippen molar-refractivity contribution in [3.8, 4) is 5.69 Å². The molecule has 2 aromatic heterocycles. The third kappa shape index (κ3) is 4.76. The van der Waals surface area contributed by atoms with Gasteiger partial charge in [-0.2, -0.15) is 18.3 Å². The molecule has 3 aromatic rings. The number of rotatable bonds is 5. The van der Waals surface area contributed by atoms with E-state index in [1.165, 1.54) is 13.2 Å². The van der Waals surface area contributed by atoms with Crippen molar-refractivity contribution < 1.29 is 22.7 Å². The molecule has 3 rings (SSSR count). The topological polar surface area (TPSA) is 68.5 Å². The fourth-order valence-corrected chi connectivity index (χ4v) is 3.18. The number of halogens is 3. The summed E-state index contributed by atoms with van der Waals surface area (Å²) < 4.78 is 44.7. The fraction of sp³-hybridized carbons (Fsp3) is 0.227. The summed E-state index contributed by atoms with van der Waals surface area (Å²) in [5.74, 6) is -0.224. The number of methoxy groups -OCH3 is 1. The van der Waals surface area contributed by atoms with E-state index in [9.17, 15) is 18.0 Å². The molecule has 0 atom stereocenters. The molecule has 0 fully saturated rings. The Hall–Kier alpha value is -3.62. The summed E-state index contributed by atoms with van der Waals surface area (Å²) in [6.07, 6.45) is -2.12. The molecule has 0 spiro atoms. The number of benzene rings is 1. The van der Waals surface area contributed by atoms with Crippen molar-refractivity contribution in [2.75, 3.05) is 12.5 Å². The Morgan fingerprint density at radius 1 is 1.16 bits per heavy atom. The van der Waals surface area contributed by atoms with Gasteiger partial charge in [-0.15, -0.1) is 0 Å². The van der Waals surface area contributed by atoms with E-state index in [0.717, 1.165) is 40.5 Å². The normalized spacial score (nSPS) is 11.7. The number of hydrogen-bond acceptors (Lipinski definition) is 5. The van der Waals surface area contributed by atoms with Crippen LogP contribution in [0.4, 0.5) is 19.0 Å². The van der Waals surface area contributed by atoms with Gasteiger partial charge in [-0.25, -0.2) is 9.78 Å². The molecule has 31 heavy (non-hydrogen) atoms. The number of carbonyl (C=O) groups is 1. The molecular weight excluding hydrogens is 409 g/mol. The lowest BCUT2D eigenvalue weighted by Crippen LogP contribution is -2.07. The first-order valence-electron chi connectivity index (χ1n) is 9.32. The molecule has 0 unspecified atom stereocenters. The molecule has 6 nitrogen and oxygen atoms in total. The lowest BCUT2D eigenvalue weighted by atomic mass is 10.1. The van der Waals surface area contributed by atoms with Crippen LogP contribution in [0, 0.1) is 20.8 Å². The van der Waals surface area contributed by atoms with Gasteiger partial charge in [-0.1, -0.05) is 6.07 Å². The summed E-state index contributed by atoms with van der Waals surface area (Å²) in [4.78, 5) is 15.6. The smallest absolute Gasteiger partial charge is 0.417 e. The minimum absolute atomic E-state index is 0.194. The molecule has 2 heterocycles. The maximum absolute atomic E-state index is 12.6. The maximum atomic E-state index is 12.6. The number of aryl methyl sites for hydroxylation is 2. The number of nitrogens with zero attached hydrogens (tertiary/aromatic N) is 3. The Morgan fingerprint density at radius 2 is 1.90 bits per heavy atom. The van der Waals surface area contributed by atoms with Crippen LogP contribution in [0.15, 0.2) is 47.7 Å². The molecule has 0 aliphatic carbocycles. The van der Waals surface area contributed by atoms with Gasteiger partial charge in [0.15, 0.2) is 0 Å². The Labute approximate surface area is 177 Å². The van der Waals surface area contributed by atoms with Crippen LogP contribution in [0.2, 0.25) is 0 Å². The molecule has 0 amide bonds. The number of ether oxygens (including phenoxy) is 1. The molecule has 0 bridgehead atoms. The minimum Gasteiger partial charge on any atom is -0.465 e. The zero-order valence-electron chi connectivity index (χ0n) is 17.4. The summed E-state index contributed by atoms with van der Waals surface area (Å²) in [5.41, 5.74) is 6.69. The summed E-state index contributed by atoms with van der Waals surface area (Å²) in [7, 11) is 1.33. The number of alkyl halides is 3. The van der Waals surface area contributed by atoms with Crippen LogP contribution < -0.4 is 5.43 Å². The molecule has 0 aliphatic rings. The lowest BCUT2D eigenvalue weighted by Gasteiger charge is -2.14. The van der Waals surface area contributed by atoms with Crippen LogP contribution in [0.5, 0.6) is 0 Å². The highest BCUT2D eigenvalue weighted by Crippen LogP contribution is 2.29. The van der Waals surface area contributed by atoms with Crippen molar-refractivity contribution in [1.29, 1.82) is 0 Å². The zero-order chi connectivity index (χ0) is 22.8. The molecule has 1 aromatic carbocycles. The standard InChI is InChI=1S/C22H21F3N4O2/c1-13-5-6-16(21(30)31-4)10-19(13)29-14(2)9-17(15(29)3)11-27-28-20-8-7-18(12-26-20)22(23,24)25/h5-12H,1-4H3,(H,26,28)/b27-11-. The van der Waals surface area contributed by atoms with Crippen molar-refractivity contribution in [3.63, 3.8) is 0 Å². The van der Waals surface area contributed by atoms with E-state index < -0.39 is 17.7 Å². The Kier molecular flexibility index (Phi) is 6.14. The average molecular weight is 430 g/mol. The number of hydrazone groups is 1. The molecule has 162 valence electrons. The fourth-order valence-electron chi connectivity index (χ4n) is 3.18. The van der Waals surface area contributed by atoms with Crippen molar-refractivity contribution in [1.82, 2.24) is 9.55 Å². The van der Waals surface area contributed by atoms with Gasteiger partial charge in [0.05, 0.1) is 24.5 Å². The Bertz CT molecular complexity index is 1130. The second-order valence-corrected chi connectivity index (χ2v) is 6.95. The monoisotopic (exact) mass is 430 g/mol. The van der Waals surface area contributed by atoms with Crippen LogP contribution in [-0.2, 0) is 10.9 Å². The number of aromatic nitrogens is 2. The molecule has 1 N–H and O–H groups in total. The Balaban J connectivity index is 1.84. The highest BCUT2D eigenvalue weighted by Gasteiger charge is 2.30. The number of esters is 1. The third-order valence-corrected chi connectivity index (χ3v) is 4.81. The summed E-state index contributed by atoms with van der Waals surface area (Å²) in [6.45, 7) is 5.79. The van der Waals surface area contributed by atoms with Crippen molar-refractivity contribution in [2.45, 2.75) is 26.9 Å².